The van der Waals surface area contributed by atoms with Crippen LogP contribution in [0.4, 0.5) is 0 Å². The van der Waals surface area contributed by atoms with Crippen molar-refractivity contribution in [3.63, 3.8) is 0 Å². The van der Waals surface area contributed by atoms with Gasteiger partial charge in [-0.25, -0.2) is 0 Å². The van der Waals surface area contributed by atoms with Crippen LogP contribution in [0.3, 0.4) is 0 Å². The lowest BCUT2D eigenvalue weighted by Gasteiger charge is -2.46. The number of carbonyl (C=O) groups is 8. The van der Waals surface area contributed by atoms with E-state index >= 15 is 0 Å². The van der Waals surface area contributed by atoms with Gasteiger partial charge < -0.3 is 48.5 Å². The Morgan fingerprint density at radius 1 is 0.479 bits per heavy atom. The standard InChI is InChI=1S/C28H40N2O16S2/c1-11(31)29-21-25(43-17(7)37)23(41-15(5)35)19(9-39-13(3)33)45-27(21)47-48-28-22(30-12(2)32)26(44-18(8)38)24(42-16(6)36)20(46-28)10-40-14(4)34/h19-28H,9-10H2,1-8H3,(H,29,31)(H,30,32)/t19-,20-,21-,22-,23-,24-,25-,26-,27-,28-/m1/s1. The molecule has 0 aliphatic carbocycles. The smallest absolute Gasteiger partial charge is 0.303 e. The van der Waals surface area contributed by atoms with E-state index in [-0.39, 0.29) is 0 Å². The van der Waals surface area contributed by atoms with Gasteiger partial charge in [-0.15, -0.1) is 0 Å². The fourth-order valence-electron chi connectivity index (χ4n) is 4.86. The lowest BCUT2D eigenvalue weighted by Crippen LogP contribution is -2.66. The third kappa shape index (κ3) is 12.8. The Hall–Kier alpha value is -3.62. The molecule has 0 radical (unpaired) electrons. The van der Waals surface area contributed by atoms with E-state index in [0.717, 1.165) is 63.1 Å². The van der Waals surface area contributed by atoms with E-state index in [0.29, 0.717) is 0 Å². The molecule has 2 amide bonds. The summed E-state index contributed by atoms with van der Waals surface area (Å²) in [6, 6.07) is -2.33. The molecule has 2 fully saturated rings. The molecule has 0 aromatic heterocycles. The maximum Gasteiger partial charge on any atom is 0.303 e. The second kappa shape index (κ2) is 18.8. The number of amides is 2. The van der Waals surface area contributed by atoms with Crippen molar-refractivity contribution in [2.45, 2.75) is 115 Å². The molecule has 2 rings (SSSR count). The van der Waals surface area contributed by atoms with Crippen molar-refractivity contribution >= 4 is 69.2 Å². The molecule has 2 aliphatic heterocycles. The maximum atomic E-state index is 12.3. The van der Waals surface area contributed by atoms with E-state index in [1.807, 2.05) is 0 Å². The zero-order valence-corrected chi connectivity index (χ0v) is 29.2. The average Bonchev–Trinajstić information content (AvgIpc) is 2.93. The fourth-order valence-corrected chi connectivity index (χ4v) is 7.78. The van der Waals surface area contributed by atoms with Gasteiger partial charge in [0.15, 0.2) is 24.4 Å². The van der Waals surface area contributed by atoms with E-state index in [1.165, 1.54) is 13.8 Å². The summed E-state index contributed by atoms with van der Waals surface area (Å²) < 4.78 is 44.4. The molecule has 2 N–H and O–H groups in total. The van der Waals surface area contributed by atoms with Crippen LogP contribution in [0.25, 0.3) is 0 Å². The zero-order chi connectivity index (χ0) is 36.3. The van der Waals surface area contributed by atoms with Crippen LogP contribution in [0, 0.1) is 0 Å². The molecule has 0 aromatic rings. The minimum Gasteiger partial charge on any atom is -0.463 e. The van der Waals surface area contributed by atoms with Crippen LogP contribution < -0.4 is 10.6 Å². The summed E-state index contributed by atoms with van der Waals surface area (Å²) in [7, 11) is 1.82. The second-order valence-corrected chi connectivity index (χ2v) is 13.1. The highest BCUT2D eigenvalue weighted by molar-refractivity contribution is 8.77. The van der Waals surface area contributed by atoms with E-state index in [1.54, 1.807) is 0 Å². The first kappa shape index (κ1) is 40.6. The van der Waals surface area contributed by atoms with Crippen LogP contribution in [0.5, 0.6) is 0 Å². The number of hydrogen-bond acceptors (Lipinski definition) is 18. The van der Waals surface area contributed by atoms with Crippen LogP contribution in [0.1, 0.15) is 55.4 Å². The highest BCUT2D eigenvalue weighted by Gasteiger charge is 2.54. The first-order valence-corrected chi connectivity index (χ1v) is 16.8. The lowest BCUT2D eigenvalue weighted by atomic mass is 9.97. The number of hydrogen-bond donors (Lipinski definition) is 2. The van der Waals surface area contributed by atoms with Gasteiger partial charge in [0.1, 0.15) is 48.4 Å². The number of ether oxygens (including phenoxy) is 8. The molecular formula is C28H40N2O16S2. The molecule has 2 saturated heterocycles. The molecular weight excluding hydrogens is 684 g/mol. The predicted octanol–water partition coefficient (Wildman–Crippen LogP) is -0.320. The van der Waals surface area contributed by atoms with Crippen molar-refractivity contribution in [1.82, 2.24) is 10.6 Å². The van der Waals surface area contributed by atoms with Crippen molar-refractivity contribution in [2.75, 3.05) is 13.2 Å². The van der Waals surface area contributed by atoms with Crippen molar-refractivity contribution < 1.29 is 76.3 Å². The van der Waals surface area contributed by atoms with E-state index in [4.69, 9.17) is 37.9 Å². The van der Waals surface area contributed by atoms with Gasteiger partial charge in [-0.1, -0.05) is 21.6 Å². The van der Waals surface area contributed by atoms with Crippen LogP contribution in [-0.2, 0) is 76.3 Å². The van der Waals surface area contributed by atoms with Gasteiger partial charge in [0.25, 0.3) is 0 Å². The van der Waals surface area contributed by atoms with Gasteiger partial charge in [0, 0.05) is 55.4 Å². The second-order valence-electron chi connectivity index (χ2n) is 10.6. The van der Waals surface area contributed by atoms with Crippen molar-refractivity contribution in [3.05, 3.63) is 0 Å². The largest absolute Gasteiger partial charge is 0.463 e. The summed E-state index contributed by atoms with van der Waals surface area (Å²) in [6.45, 7) is 8.24. The molecule has 0 spiro atoms. The minimum absolute atomic E-state index is 0.433. The molecule has 20 heteroatoms. The summed E-state index contributed by atoms with van der Waals surface area (Å²) in [6.07, 6.45) is -7.70. The Bertz CT molecular complexity index is 1140. The molecule has 48 heavy (non-hydrogen) atoms. The Balaban J connectivity index is 2.57. The molecule has 10 atom stereocenters. The molecule has 18 nitrogen and oxygen atoms in total. The predicted molar refractivity (Wildman–Crippen MR) is 163 cm³/mol. The first-order valence-electron chi connectivity index (χ1n) is 14.5. The SMILES string of the molecule is CC(=O)N[C@@H]1[C@@H](OC(C)=O)[C@H](OC(C)=O)[C@@H](COC(C)=O)O[C@@H]1SS[C@H]1O[C@H](COC(C)=O)[C@@H](OC(C)=O)[C@H](OC(C)=O)[C@H]1NC(C)=O. The monoisotopic (exact) mass is 724 g/mol. The number of nitrogens with one attached hydrogen (secondary N) is 2. The molecule has 2 heterocycles. The van der Waals surface area contributed by atoms with E-state index in [9.17, 15) is 38.4 Å². The summed E-state index contributed by atoms with van der Waals surface area (Å²) in [5.74, 6) is -5.62. The molecule has 0 bridgehead atoms. The summed E-state index contributed by atoms with van der Waals surface area (Å²) >= 11 is 0. The molecule has 0 unspecified atom stereocenters. The highest BCUT2D eigenvalue weighted by atomic mass is 33.1. The van der Waals surface area contributed by atoms with Gasteiger partial charge in [-0.2, -0.15) is 0 Å². The zero-order valence-electron chi connectivity index (χ0n) is 27.5. The van der Waals surface area contributed by atoms with E-state index < -0.39 is 120 Å². The maximum absolute atomic E-state index is 12.3. The van der Waals surface area contributed by atoms with Crippen molar-refractivity contribution in [1.29, 1.82) is 0 Å². The topological polar surface area (TPSA) is 234 Å². The summed E-state index contributed by atoms with van der Waals surface area (Å²) in [5, 5.41) is 5.29. The quantitative estimate of drug-likeness (QED) is 0.141. The molecule has 0 saturated carbocycles. The van der Waals surface area contributed by atoms with Crippen LogP contribution in [-0.4, -0.2) is 120 Å². The fraction of sp³-hybridized carbons (Fsp3) is 0.714. The van der Waals surface area contributed by atoms with Gasteiger partial charge in [-0.05, 0) is 0 Å². The van der Waals surface area contributed by atoms with Gasteiger partial charge in [-0.3, -0.25) is 38.4 Å². The van der Waals surface area contributed by atoms with E-state index in [2.05, 4.69) is 10.6 Å². The van der Waals surface area contributed by atoms with Crippen molar-refractivity contribution in [3.8, 4) is 0 Å². The third-order valence-corrected chi connectivity index (χ3v) is 9.16. The first-order chi connectivity index (χ1) is 22.4. The Morgan fingerprint density at radius 3 is 1.02 bits per heavy atom. The molecule has 2 aliphatic rings. The average molecular weight is 725 g/mol. The van der Waals surface area contributed by atoms with Gasteiger partial charge >= 0.3 is 35.8 Å². The van der Waals surface area contributed by atoms with Gasteiger partial charge in [0.05, 0.1) is 0 Å². The lowest BCUT2D eigenvalue weighted by molar-refractivity contribution is -0.212. The summed E-state index contributed by atoms with van der Waals surface area (Å²) in [4.78, 5) is 96.5. The van der Waals surface area contributed by atoms with Crippen LogP contribution in [0.2, 0.25) is 0 Å². The van der Waals surface area contributed by atoms with Crippen LogP contribution in [0.15, 0.2) is 0 Å². The number of carbonyl (C=O) groups excluding carboxylic acids is 8. The van der Waals surface area contributed by atoms with Crippen molar-refractivity contribution in [2.24, 2.45) is 0 Å². The molecule has 0 aromatic carbocycles. The normalized spacial score (nSPS) is 29.7. The molecule has 270 valence electrons. The third-order valence-electron chi connectivity index (χ3n) is 6.39. The Morgan fingerprint density at radius 2 is 0.771 bits per heavy atom. The van der Waals surface area contributed by atoms with Gasteiger partial charge in [0.2, 0.25) is 11.8 Å². The number of esters is 6. The minimum atomic E-state index is -1.33. The Kier molecular flexibility index (Phi) is 15.9. The number of rotatable bonds is 13. The Labute approximate surface area is 284 Å². The summed E-state index contributed by atoms with van der Waals surface area (Å²) in [5.41, 5.74) is -2.27. The van der Waals surface area contributed by atoms with Crippen LogP contribution >= 0.6 is 21.6 Å². The highest BCUT2D eigenvalue weighted by Crippen LogP contribution is 2.44.